The van der Waals surface area contributed by atoms with Crippen LogP contribution in [0.2, 0.25) is 0 Å². The SMILES string of the molecule is COCCn1cnnc1CNC(=O)[C@@]1(C)CCCCO1. The molecule has 1 saturated heterocycles. The zero-order chi connectivity index (χ0) is 14.4. The maximum atomic E-state index is 12.2. The van der Waals surface area contributed by atoms with E-state index in [-0.39, 0.29) is 5.91 Å². The molecule has 0 radical (unpaired) electrons. The number of ether oxygens (including phenoxy) is 2. The lowest BCUT2D eigenvalue weighted by atomic mass is 9.95. The normalized spacial score (nSPS) is 22.7. The standard InChI is InChI=1S/C13H22N4O3/c1-13(5-3-4-7-20-13)12(18)14-9-11-16-15-10-17(11)6-8-19-2/h10H,3-9H2,1-2H3,(H,14,18)/t13-/m1/s1. The van der Waals surface area contributed by atoms with Crippen molar-refractivity contribution in [3.8, 4) is 0 Å². The first-order valence-corrected chi connectivity index (χ1v) is 6.93. The molecule has 112 valence electrons. The van der Waals surface area contributed by atoms with Gasteiger partial charge < -0.3 is 19.4 Å². The first-order valence-electron chi connectivity index (χ1n) is 6.93. The average molecular weight is 282 g/mol. The van der Waals surface area contributed by atoms with Gasteiger partial charge in [0.1, 0.15) is 11.9 Å². The first kappa shape index (κ1) is 14.9. The number of carbonyl (C=O) groups excluding carboxylic acids is 1. The summed E-state index contributed by atoms with van der Waals surface area (Å²) in [5.41, 5.74) is -0.713. The zero-order valence-electron chi connectivity index (χ0n) is 12.1. The highest BCUT2D eigenvalue weighted by Crippen LogP contribution is 2.24. The summed E-state index contributed by atoms with van der Waals surface area (Å²) in [4.78, 5) is 12.2. The van der Waals surface area contributed by atoms with Crippen molar-refractivity contribution in [3.63, 3.8) is 0 Å². The maximum absolute atomic E-state index is 12.2. The molecule has 2 rings (SSSR count). The van der Waals surface area contributed by atoms with E-state index in [1.165, 1.54) is 0 Å². The van der Waals surface area contributed by atoms with Crippen molar-refractivity contribution in [3.05, 3.63) is 12.2 Å². The van der Waals surface area contributed by atoms with Crippen LogP contribution >= 0.6 is 0 Å². The second-order valence-corrected chi connectivity index (χ2v) is 5.15. The Morgan fingerprint density at radius 1 is 1.60 bits per heavy atom. The molecule has 1 N–H and O–H groups in total. The van der Waals surface area contributed by atoms with Crippen molar-refractivity contribution in [2.24, 2.45) is 0 Å². The number of rotatable bonds is 6. The Hall–Kier alpha value is -1.47. The number of amides is 1. The maximum Gasteiger partial charge on any atom is 0.252 e. The van der Waals surface area contributed by atoms with E-state index in [0.717, 1.165) is 25.1 Å². The smallest absolute Gasteiger partial charge is 0.252 e. The van der Waals surface area contributed by atoms with Gasteiger partial charge in [0.25, 0.3) is 5.91 Å². The Morgan fingerprint density at radius 2 is 2.45 bits per heavy atom. The molecule has 7 nitrogen and oxygen atoms in total. The second-order valence-electron chi connectivity index (χ2n) is 5.15. The molecule has 2 heterocycles. The number of hydrogen-bond acceptors (Lipinski definition) is 5. The summed E-state index contributed by atoms with van der Waals surface area (Å²) in [6, 6.07) is 0. The Balaban J connectivity index is 1.88. The van der Waals surface area contributed by atoms with Gasteiger partial charge in [0, 0.05) is 20.3 Å². The molecule has 1 fully saturated rings. The van der Waals surface area contributed by atoms with Crippen molar-refractivity contribution in [1.82, 2.24) is 20.1 Å². The van der Waals surface area contributed by atoms with E-state index in [9.17, 15) is 4.79 Å². The molecular weight excluding hydrogens is 260 g/mol. The minimum absolute atomic E-state index is 0.0847. The number of nitrogens with one attached hydrogen (secondary N) is 1. The van der Waals surface area contributed by atoms with Crippen LogP contribution in [0.3, 0.4) is 0 Å². The molecule has 20 heavy (non-hydrogen) atoms. The van der Waals surface area contributed by atoms with Crippen LogP contribution in [0.1, 0.15) is 32.0 Å². The topological polar surface area (TPSA) is 78.3 Å². The molecular formula is C13H22N4O3. The van der Waals surface area contributed by atoms with E-state index in [0.29, 0.717) is 26.3 Å². The molecule has 1 aliphatic rings. The second kappa shape index (κ2) is 6.81. The molecule has 0 spiro atoms. The third-order valence-electron chi connectivity index (χ3n) is 3.59. The molecule has 0 bridgehead atoms. The van der Waals surface area contributed by atoms with Gasteiger partial charge in [0.05, 0.1) is 13.2 Å². The number of nitrogens with zero attached hydrogens (tertiary/aromatic N) is 3. The predicted octanol–water partition coefficient (Wildman–Crippen LogP) is 0.500. The van der Waals surface area contributed by atoms with Gasteiger partial charge in [-0.2, -0.15) is 0 Å². The molecule has 0 saturated carbocycles. The Kier molecular flexibility index (Phi) is 5.08. The van der Waals surface area contributed by atoms with Gasteiger partial charge in [-0.3, -0.25) is 4.79 Å². The number of carbonyl (C=O) groups is 1. The molecule has 1 aliphatic heterocycles. The third-order valence-corrected chi connectivity index (χ3v) is 3.59. The number of hydrogen-bond donors (Lipinski definition) is 1. The van der Waals surface area contributed by atoms with Crippen LogP contribution in [0.25, 0.3) is 0 Å². The molecule has 1 aromatic rings. The van der Waals surface area contributed by atoms with Crippen LogP contribution in [0.15, 0.2) is 6.33 Å². The van der Waals surface area contributed by atoms with Crippen molar-refractivity contribution in [2.75, 3.05) is 20.3 Å². The lowest BCUT2D eigenvalue weighted by molar-refractivity contribution is -0.150. The van der Waals surface area contributed by atoms with Crippen LogP contribution in [-0.4, -0.2) is 46.6 Å². The van der Waals surface area contributed by atoms with Gasteiger partial charge in [-0.1, -0.05) is 0 Å². The Morgan fingerprint density at radius 3 is 3.15 bits per heavy atom. The molecule has 1 atom stereocenters. The number of methoxy groups -OCH3 is 1. The summed E-state index contributed by atoms with van der Waals surface area (Å²) < 4.78 is 12.5. The largest absolute Gasteiger partial charge is 0.383 e. The van der Waals surface area contributed by atoms with Gasteiger partial charge in [-0.25, -0.2) is 0 Å². The minimum Gasteiger partial charge on any atom is -0.383 e. The Bertz CT molecular complexity index is 441. The number of aromatic nitrogens is 3. The molecule has 0 unspecified atom stereocenters. The summed E-state index contributed by atoms with van der Waals surface area (Å²) in [6.07, 6.45) is 4.44. The highest BCUT2D eigenvalue weighted by molar-refractivity contribution is 5.84. The minimum atomic E-state index is -0.713. The third kappa shape index (κ3) is 3.55. The average Bonchev–Trinajstić information content (AvgIpc) is 2.90. The highest BCUT2D eigenvalue weighted by Gasteiger charge is 2.35. The van der Waals surface area contributed by atoms with Gasteiger partial charge in [-0.15, -0.1) is 10.2 Å². The zero-order valence-corrected chi connectivity index (χ0v) is 12.1. The summed E-state index contributed by atoms with van der Waals surface area (Å²) in [7, 11) is 1.65. The van der Waals surface area contributed by atoms with Gasteiger partial charge in [0.15, 0.2) is 5.82 Å². The van der Waals surface area contributed by atoms with E-state index in [1.54, 1.807) is 13.4 Å². The van der Waals surface area contributed by atoms with Gasteiger partial charge >= 0.3 is 0 Å². The van der Waals surface area contributed by atoms with E-state index in [2.05, 4.69) is 15.5 Å². The van der Waals surface area contributed by atoms with Gasteiger partial charge in [-0.05, 0) is 26.2 Å². The molecule has 7 heteroatoms. The predicted molar refractivity (Wildman–Crippen MR) is 72.0 cm³/mol. The first-order chi connectivity index (χ1) is 9.65. The summed E-state index contributed by atoms with van der Waals surface area (Å²) in [5, 5.41) is 10.8. The fourth-order valence-electron chi connectivity index (χ4n) is 2.25. The van der Waals surface area contributed by atoms with Gasteiger partial charge in [0.2, 0.25) is 0 Å². The van der Waals surface area contributed by atoms with Crippen LogP contribution < -0.4 is 5.32 Å². The van der Waals surface area contributed by atoms with Crippen molar-refractivity contribution < 1.29 is 14.3 Å². The van der Waals surface area contributed by atoms with Crippen LogP contribution in [0, 0.1) is 0 Å². The highest BCUT2D eigenvalue weighted by atomic mass is 16.5. The monoisotopic (exact) mass is 282 g/mol. The van der Waals surface area contributed by atoms with E-state index < -0.39 is 5.60 Å². The fraction of sp³-hybridized carbons (Fsp3) is 0.769. The summed E-state index contributed by atoms with van der Waals surface area (Å²) >= 11 is 0. The molecule has 0 aliphatic carbocycles. The van der Waals surface area contributed by atoms with Crippen LogP contribution in [-0.2, 0) is 27.4 Å². The lowest BCUT2D eigenvalue weighted by Gasteiger charge is -2.32. The van der Waals surface area contributed by atoms with Crippen LogP contribution in [0.4, 0.5) is 0 Å². The summed E-state index contributed by atoms with van der Waals surface area (Å²) in [6.45, 7) is 4.09. The van der Waals surface area contributed by atoms with Crippen molar-refractivity contribution in [1.29, 1.82) is 0 Å². The van der Waals surface area contributed by atoms with E-state index in [4.69, 9.17) is 9.47 Å². The van der Waals surface area contributed by atoms with E-state index >= 15 is 0 Å². The van der Waals surface area contributed by atoms with Crippen molar-refractivity contribution in [2.45, 2.75) is 44.9 Å². The molecule has 0 aromatic carbocycles. The van der Waals surface area contributed by atoms with Crippen molar-refractivity contribution >= 4 is 5.91 Å². The fourth-order valence-corrected chi connectivity index (χ4v) is 2.25. The quantitative estimate of drug-likeness (QED) is 0.822. The molecule has 1 amide bonds. The lowest BCUT2D eigenvalue weighted by Crippen LogP contribution is -2.48. The van der Waals surface area contributed by atoms with E-state index in [1.807, 2.05) is 11.5 Å². The van der Waals surface area contributed by atoms with Crippen LogP contribution in [0.5, 0.6) is 0 Å². The summed E-state index contributed by atoms with van der Waals surface area (Å²) in [5.74, 6) is 0.633. The Labute approximate surface area is 118 Å². The molecule has 1 aromatic heterocycles.